The van der Waals surface area contributed by atoms with Gasteiger partial charge in [-0.3, -0.25) is 4.79 Å². The predicted molar refractivity (Wildman–Crippen MR) is 106 cm³/mol. The van der Waals surface area contributed by atoms with Crippen molar-refractivity contribution in [3.05, 3.63) is 35.4 Å². The summed E-state index contributed by atoms with van der Waals surface area (Å²) in [6.07, 6.45) is 13.6. The van der Waals surface area contributed by atoms with Gasteiger partial charge in [-0.1, -0.05) is 50.3 Å². The zero-order valence-corrected chi connectivity index (χ0v) is 16.2. The number of ether oxygens (including phenoxy) is 1. The van der Waals surface area contributed by atoms with Gasteiger partial charge in [-0.2, -0.15) is 0 Å². The summed E-state index contributed by atoms with van der Waals surface area (Å²) >= 11 is 0. The minimum Gasteiger partial charge on any atom is -0.504 e. The molecule has 0 fully saturated rings. The maximum absolute atomic E-state index is 12.3. The van der Waals surface area contributed by atoms with Gasteiger partial charge in [0.05, 0.1) is 13.5 Å². The third-order valence-electron chi connectivity index (χ3n) is 5.08. The minimum atomic E-state index is 0.0270. The lowest BCUT2D eigenvalue weighted by atomic mass is 9.91. The van der Waals surface area contributed by atoms with Crippen LogP contribution in [0, 0.1) is 0 Å². The number of carbonyl (C=O) groups excluding carboxylic acids is 1. The van der Waals surface area contributed by atoms with Gasteiger partial charge in [0.1, 0.15) is 0 Å². The van der Waals surface area contributed by atoms with E-state index in [2.05, 4.69) is 18.3 Å². The highest BCUT2D eigenvalue weighted by molar-refractivity contribution is 5.79. The highest BCUT2D eigenvalue weighted by Crippen LogP contribution is 2.27. The number of rotatable bonds is 10. The van der Waals surface area contributed by atoms with Crippen LogP contribution in [-0.4, -0.2) is 24.2 Å². The molecular weight excluding hydrogens is 326 g/mol. The molecule has 0 spiro atoms. The fourth-order valence-electron chi connectivity index (χ4n) is 3.50. The number of allylic oxidation sites excluding steroid dienone is 1. The van der Waals surface area contributed by atoms with E-state index >= 15 is 0 Å². The van der Waals surface area contributed by atoms with Crippen molar-refractivity contribution in [2.24, 2.45) is 0 Å². The zero-order valence-electron chi connectivity index (χ0n) is 16.2. The first-order chi connectivity index (χ1) is 12.6. The van der Waals surface area contributed by atoms with Gasteiger partial charge in [0.15, 0.2) is 11.5 Å². The number of aromatic hydroxyl groups is 1. The van der Waals surface area contributed by atoms with Crippen LogP contribution < -0.4 is 10.1 Å². The van der Waals surface area contributed by atoms with Crippen molar-refractivity contribution in [2.75, 3.05) is 7.11 Å². The number of methoxy groups -OCH3 is 1. The second-order valence-electron chi connectivity index (χ2n) is 7.25. The molecule has 0 heterocycles. The average molecular weight is 360 g/mol. The molecular formula is C22H33NO3. The van der Waals surface area contributed by atoms with Crippen LogP contribution in [0.5, 0.6) is 11.5 Å². The summed E-state index contributed by atoms with van der Waals surface area (Å²) in [4.78, 5) is 12.3. The molecule has 0 aromatic heterocycles. The molecule has 1 aliphatic carbocycles. The van der Waals surface area contributed by atoms with Crippen LogP contribution in [-0.2, 0) is 11.2 Å². The number of nitrogens with one attached hydrogen (secondary N) is 1. The van der Waals surface area contributed by atoms with Crippen molar-refractivity contribution >= 4 is 5.91 Å². The lowest BCUT2D eigenvalue weighted by Crippen LogP contribution is -2.36. The molecule has 1 unspecified atom stereocenters. The van der Waals surface area contributed by atoms with E-state index in [-0.39, 0.29) is 17.7 Å². The maximum atomic E-state index is 12.3. The third-order valence-corrected chi connectivity index (χ3v) is 5.08. The molecule has 1 aliphatic rings. The normalized spacial score (nSPS) is 16.8. The molecule has 4 nitrogen and oxygen atoms in total. The van der Waals surface area contributed by atoms with E-state index in [1.165, 1.54) is 45.6 Å². The Morgan fingerprint density at radius 1 is 1.27 bits per heavy atom. The highest BCUT2D eigenvalue weighted by Gasteiger charge is 2.17. The number of phenolic OH excluding ortho intramolecular Hbond substituents is 1. The molecule has 144 valence electrons. The summed E-state index contributed by atoms with van der Waals surface area (Å²) < 4.78 is 5.09. The standard InChI is InChI=1S/C22H33NO3/c1-3-4-5-6-7-8-17-9-12-19(13-10-17)23-22(25)16-18-11-14-20(24)21(15-18)26-2/h9,11,14-15,19,24H,3-8,10,12-13,16H2,1-2H3,(H,23,25). The number of benzene rings is 1. The number of phenols is 1. The molecule has 26 heavy (non-hydrogen) atoms. The van der Waals surface area contributed by atoms with E-state index in [9.17, 15) is 9.90 Å². The SMILES string of the molecule is CCCCCCCC1=CCC(NC(=O)Cc2ccc(O)c(OC)c2)CC1. The summed E-state index contributed by atoms with van der Waals surface area (Å²) in [6.45, 7) is 2.25. The van der Waals surface area contributed by atoms with Crippen molar-refractivity contribution in [3.63, 3.8) is 0 Å². The quantitative estimate of drug-likeness (QED) is 0.461. The van der Waals surface area contributed by atoms with E-state index < -0.39 is 0 Å². The van der Waals surface area contributed by atoms with Crippen LogP contribution in [0.3, 0.4) is 0 Å². The fourth-order valence-corrected chi connectivity index (χ4v) is 3.50. The van der Waals surface area contributed by atoms with Gasteiger partial charge in [-0.05, 0) is 49.8 Å². The number of hydrogen-bond acceptors (Lipinski definition) is 3. The van der Waals surface area contributed by atoms with E-state index in [0.717, 1.165) is 24.8 Å². The molecule has 2 N–H and O–H groups in total. The summed E-state index contributed by atoms with van der Waals surface area (Å²) in [6, 6.07) is 5.28. The van der Waals surface area contributed by atoms with Crippen molar-refractivity contribution in [1.29, 1.82) is 0 Å². The minimum absolute atomic E-state index is 0.0270. The molecule has 2 rings (SSSR count). The summed E-state index contributed by atoms with van der Waals surface area (Å²) in [5.41, 5.74) is 2.41. The smallest absolute Gasteiger partial charge is 0.224 e. The number of hydrogen-bond donors (Lipinski definition) is 2. The van der Waals surface area contributed by atoms with Gasteiger partial charge in [0.2, 0.25) is 5.91 Å². The Kier molecular flexibility index (Phi) is 8.52. The molecule has 1 aromatic carbocycles. The first-order valence-corrected chi connectivity index (χ1v) is 9.95. The molecule has 1 aromatic rings. The Morgan fingerprint density at radius 2 is 2.08 bits per heavy atom. The van der Waals surface area contributed by atoms with Crippen LogP contribution in [0.25, 0.3) is 0 Å². The van der Waals surface area contributed by atoms with E-state index in [0.29, 0.717) is 12.2 Å². The molecule has 1 amide bonds. The van der Waals surface area contributed by atoms with E-state index in [4.69, 9.17) is 4.74 Å². The monoisotopic (exact) mass is 359 g/mol. The Balaban J connectivity index is 1.72. The van der Waals surface area contributed by atoms with Crippen molar-refractivity contribution in [2.45, 2.75) is 77.2 Å². The number of amides is 1. The van der Waals surface area contributed by atoms with E-state index in [1.807, 2.05) is 0 Å². The molecule has 4 heteroatoms. The summed E-state index contributed by atoms with van der Waals surface area (Å²) in [5.74, 6) is 0.523. The molecule has 0 radical (unpaired) electrons. The molecule has 0 saturated carbocycles. The van der Waals surface area contributed by atoms with Gasteiger partial charge in [0, 0.05) is 6.04 Å². The topological polar surface area (TPSA) is 58.6 Å². The van der Waals surface area contributed by atoms with Crippen molar-refractivity contribution in [1.82, 2.24) is 5.32 Å². The van der Waals surface area contributed by atoms with Crippen molar-refractivity contribution in [3.8, 4) is 11.5 Å². The molecule has 0 saturated heterocycles. The maximum Gasteiger partial charge on any atom is 0.224 e. The van der Waals surface area contributed by atoms with Gasteiger partial charge in [-0.15, -0.1) is 0 Å². The lowest BCUT2D eigenvalue weighted by molar-refractivity contribution is -0.121. The zero-order chi connectivity index (χ0) is 18.8. The summed E-state index contributed by atoms with van der Waals surface area (Å²) in [5, 5.41) is 12.8. The first kappa shape index (κ1) is 20.3. The third kappa shape index (κ3) is 6.74. The largest absolute Gasteiger partial charge is 0.504 e. The van der Waals surface area contributed by atoms with Crippen LogP contribution in [0.2, 0.25) is 0 Å². The fraction of sp³-hybridized carbons (Fsp3) is 0.591. The van der Waals surface area contributed by atoms with E-state index in [1.54, 1.807) is 23.8 Å². The van der Waals surface area contributed by atoms with Crippen LogP contribution >= 0.6 is 0 Å². The van der Waals surface area contributed by atoms with Crippen LogP contribution in [0.4, 0.5) is 0 Å². The van der Waals surface area contributed by atoms with Crippen LogP contribution in [0.1, 0.15) is 70.3 Å². The molecule has 0 bridgehead atoms. The first-order valence-electron chi connectivity index (χ1n) is 9.95. The van der Waals surface area contributed by atoms with Gasteiger partial charge < -0.3 is 15.2 Å². The van der Waals surface area contributed by atoms with Gasteiger partial charge in [0.25, 0.3) is 0 Å². The Morgan fingerprint density at radius 3 is 2.77 bits per heavy atom. The summed E-state index contributed by atoms with van der Waals surface area (Å²) in [7, 11) is 1.51. The predicted octanol–water partition coefficient (Wildman–Crippen LogP) is 4.90. The highest BCUT2D eigenvalue weighted by atomic mass is 16.5. The number of carbonyl (C=O) groups is 1. The second-order valence-corrected chi connectivity index (χ2v) is 7.25. The Labute approximate surface area is 157 Å². The number of unbranched alkanes of at least 4 members (excludes halogenated alkanes) is 4. The van der Waals surface area contributed by atoms with Crippen molar-refractivity contribution < 1.29 is 14.6 Å². The Bertz CT molecular complexity index is 609. The van der Waals surface area contributed by atoms with Gasteiger partial charge >= 0.3 is 0 Å². The lowest BCUT2D eigenvalue weighted by Gasteiger charge is -2.23. The second kappa shape index (κ2) is 10.9. The molecule has 0 aliphatic heterocycles. The average Bonchev–Trinajstić information content (AvgIpc) is 2.64. The Hall–Kier alpha value is -1.97. The van der Waals surface area contributed by atoms with Crippen LogP contribution in [0.15, 0.2) is 29.8 Å². The molecule has 1 atom stereocenters. The van der Waals surface area contributed by atoms with Gasteiger partial charge in [-0.25, -0.2) is 0 Å².